The minimum absolute atomic E-state index is 0.909. The number of ether oxygens (including phenoxy) is 2. The number of hydrogen-bond acceptors (Lipinski definition) is 2. The number of methoxy groups -OCH3 is 2. The molecule has 0 atom stereocenters. The Balaban J connectivity index is 1.85. The van der Waals surface area contributed by atoms with Gasteiger partial charge >= 0.3 is 0 Å². The maximum absolute atomic E-state index is 5.39. The van der Waals surface area contributed by atoms with E-state index in [-0.39, 0.29) is 0 Å². The van der Waals surface area contributed by atoms with Crippen LogP contribution in [0, 0.1) is 0 Å². The third-order valence-electron chi connectivity index (χ3n) is 3.38. The van der Waals surface area contributed by atoms with E-state index >= 15 is 0 Å². The summed E-state index contributed by atoms with van der Waals surface area (Å²) in [6.45, 7) is 1.94. The molecule has 21 heavy (non-hydrogen) atoms. The van der Waals surface area contributed by atoms with Gasteiger partial charge in [0.2, 0.25) is 0 Å². The van der Waals surface area contributed by atoms with Crippen LogP contribution in [0.5, 0.6) is 11.5 Å². The molecule has 0 saturated carbocycles. The minimum Gasteiger partial charge on any atom is -0.497 e. The van der Waals surface area contributed by atoms with Gasteiger partial charge in [-0.15, -0.1) is 0 Å². The van der Waals surface area contributed by atoms with Crippen molar-refractivity contribution in [3.63, 3.8) is 0 Å². The molecule has 0 bridgehead atoms. The smallest absolute Gasteiger partial charge is 0.127 e. The zero-order chi connectivity index (χ0) is 15.1. The second kappa shape index (κ2) is 8.05. The second-order valence-electron chi connectivity index (χ2n) is 4.84. The molecule has 2 N–H and O–H groups in total. The van der Waals surface area contributed by atoms with Gasteiger partial charge in [0, 0.05) is 16.5 Å². The molecule has 0 heterocycles. The molecule has 0 aliphatic heterocycles. The molecule has 0 unspecified atom stereocenters. The van der Waals surface area contributed by atoms with Crippen LogP contribution in [0.15, 0.2) is 46.9 Å². The highest BCUT2D eigenvalue weighted by molar-refractivity contribution is 9.10. The number of rotatable bonds is 7. The van der Waals surface area contributed by atoms with Gasteiger partial charge in [0.1, 0.15) is 18.0 Å². The van der Waals surface area contributed by atoms with Gasteiger partial charge in [0.15, 0.2) is 0 Å². The largest absolute Gasteiger partial charge is 0.497 e. The predicted molar refractivity (Wildman–Crippen MR) is 87.9 cm³/mol. The Kier molecular flexibility index (Phi) is 6.08. The summed E-state index contributed by atoms with van der Waals surface area (Å²) < 4.78 is 11.7. The second-order valence-corrected chi connectivity index (χ2v) is 5.75. The van der Waals surface area contributed by atoms with Gasteiger partial charge in [-0.25, -0.2) is 0 Å². The summed E-state index contributed by atoms with van der Waals surface area (Å²) in [6.07, 6.45) is 1.02. The Morgan fingerprint density at radius 3 is 2.67 bits per heavy atom. The molecule has 0 aliphatic carbocycles. The molecule has 2 aromatic rings. The Morgan fingerprint density at radius 2 is 1.90 bits per heavy atom. The van der Waals surface area contributed by atoms with E-state index in [1.165, 1.54) is 11.1 Å². The summed E-state index contributed by atoms with van der Waals surface area (Å²) in [7, 11) is 3.41. The highest BCUT2D eigenvalue weighted by Crippen LogP contribution is 2.21. The number of quaternary nitrogens is 1. The topological polar surface area (TPSA) is 35.1 Å². The average Bonchev–Trinajstić information content (AvgIpc) is 2.52. The van der Waals surface area contributed by atoms with Crippen LogP contribution in [0.25, 0.3) is 0 Å². The predicted octanol–water partition coefficient (Wildman–Crippen LogP) is 2.77. The van der Waals surface area contributed by atoms with Crippen molar-refractivity contribution >= 4 is 15.9 Å². The first-order valence-electron chi connectivity index (χ1n) is 7.00. The van der Waals surface area contributed by atoms with Gasteiger partial charge < -0.3 is 14.8 Å². The maximum atomic E-state index is 5.39. The van der Waals surface area contributed by atoms with E-state index in [4.69, 9.17) is 9.47 Å². The monoisotopic (exact) mass is 350 g/mol. The molecule has 0 aromatic heterocycles. The van der Waals surface area contributed by atoms with E-state index in [1.54, 1.807) is 14.2 Å². The van der Waals surface area contributed by atoms with E-state index in [9.17, 15) is 0 Å². The highest BCUT2D eigenvalue weighted by atomic mass is 79.9. The lowest BCUT2D eigenvalue weighted by molar-refractivity contribution is -0.670. The van der Waals surface area contributed by atoms with Crippen LogP contribution in [0.3, 0.4) is 0 Å². The van der Waals surface area contributed by atoms with E-state index in [2.05, 4.69) is 39.4 Å². The summed E-state index contributed by atoms with van der Waals surface area (Å²) >= 11 is 3.50. The highest BCUT2D eigenvalue weighted by Gasteiger charge is 2.05. The van der Waals surface area contributed by atoms with Gasteiger partial charge in [-0.1, -0.05) is 28.1 Å². The zero-order valence-electron chi connectivity index (χ0n) is 12.4. The van der Waals surface area contributed by atoms with Crippen molar-refractivity contribution in [3.8, 4) is 11.5 Å². The van der Waals surface area contributed by atoms with Crippen molar-refractivity contribution in [1.29, 1.82) is 0 Å². The normalized spacial score (nSPS) is 10.4. The van der Waals surface area contributed by atoms with Crippen LogP contribution in [0.2, 0.25) is 0 Å². The van der Waals surface area contributed by atoms with Crippen LogP contribution < -0.4 is 14.8 Å². The third kappa shape index (κ3) is 4.76. The number of nitrogens with two attached hydrogens (primary N) is 1. The lowest BCUT2D eigenvalue weighted by Gasteiger charge is -2.08. The molecular weight excluding hydrogens is 330 g/mol. The van der Waals surface area contributed by atoms with E-state index < -0.39 is 0 Å². The Morgan fingerprint density at radius 1 is 1.05 bits per heavy atom. The molecular formula is C17H21BrNO2+. The quantitative estimate of drug-likeness (QED) is 0.779. The fourth-order valence-electron chi connectivity index (χ4n) is 2.26. The Bertz CT molecular complexity index is 587. The van der Waals surface area contributed by atoms with Crippen LogP contribution in [-0.4, -0.2) is 20.8 Å². The molecule has 0 radical (unpaired) electrons. The summed E-state index contributed by atoms with van der Waals surface area (Å²) in [5.74, 6) is 1.86. The molecule has 0 fully saturated rings. The van der Waals surface area contributed by atoms with Crippen LogP contribution >= 0.6 is 15.9 Å². The average molecular weight is 351 g/mol. The minimum atomic E-state index is 0.909. The standard InChI is InChI=1S/C17H20BrNO2/c1-20-16-5-3-4-13(10-16)8-9-19-12-14-11-15(18)6-7-17(14)21-2/h3-7,10-11,19H,8-9,12H2,1-2H3/p+1. The first-order valence-corrected chi connectivity index (χ1v) is 7.79. The van der Waals surface area contributed by atoms with Crippen molar-refractivity contribution < 1.29 is 14.8 Å². The van der Waals surface area contributed by atoms with Gasteiger partial charge in [-0.05, 0) is 35.9 Å². The molecule has 3 nitrogen and oxygen atoms in total. The summed E-state index contributed by atoms with van der Waals surface area (Å²) in [6, 6.07) is 14.3. The number of benzene rings is 2. The van der Waals surface area contributed by atoms with Gasteiger partial charge in [0.25, 0.3) is 0 Å². The fourth-order valence-corrected chi connectivity index (χ4v) is 2.67. The first-order chi connectivity index (χ1) is 10.2. The number of hydrogen-bond donors (Lipinski definition) is 1. The van der Waals surface area contributed by atoms with Crippen LogP contribution in [0.4, 0.5) is 0 Å². The molecule has 0 aliphatic rings. The van der Waals surface area contributed by atoms with Crippen molar-refractivity contribution in [3.05, 3.63) is 58.1 Å². The first kappa shape index (κ1) is 15.9. The third-order valence-corrected chi connectivity index (χ3v) is 3.87. The summed E-state index contributed by atoms with van der Waals surface area (Å²) in [5, 5.41) is 2.30. The number of halogens is 1. The van der Waals surface area contributed by atoms with Crippen LogP contribution in [0.1, 0.15) is 11.1 Å². The molecule has 0 amide bonds. The maximum Gasteiger partial charge on any atom is 0.127 e. The molecule has 4 heteroatoms. The molecule has 0 spiro atoms. The lowest BCUT2D eigenvalue weighted by atomic mass is 10.1. The van der Waals surface area contributed by atoms with E-state index in [0.29, 0.717) is 0 Å². The van der Waals surface area contributed by atoms with Crippen LogP contribution in [-0.2, 0) is 13.0 Å². The molecule has 2 aromatic carbocycles. The summed E-state index contributed by atoms with van der Waals surface area (Å²) in [4.78, 5) is 0. The van der Waals surface area contributed by atoms with E-state index in [0.717, 1.165) is 35.5 Å². The molecule has 2 rings (SSSR count). The van der Waals surface area contributed by atoms with Crippen molar-refractivity contribution in [1.82, 2.24) is 0 Å². The lowest BCUT2D eigenvalue weighted by Crippen LogP contribution is -2.83. The molecule has 112 valence electrons. The zero-order valence-corrected chi connectivity index (χ0v) is 14.0. The fraction of sp³-hybridized carbons (Fsp3) is 0.294. The van der Waals surface area contributed by atoms with Gasteiger partial charge in [-0.2, -0.15) is 0 Å². The van der Waals surface area contributed by atoms with Crippen molar-refractivity contribution in [2.45, 2.75) is 13.0 Å². The van der Waals surface area contributed by atoms with E-state index in [1.807, 2.05) is 24.3 Å². The van der Waals surface area contributed by atoms with Crippen molar-refractivity contribution in [2.75, 3.05) is 20.8 Å². The Hall–Kier alpha value is -1.52. The van der Waals surface area contributed by atoms with Gasteiger partial charge in [-0.3, -0.25) is 0 Å². The Labute approximate surface area is 134 Å². The molecule has 0 saturated heterocycles. The van der Waals surface area contributed by atoms with Crippen molar-refractivity contribution in [2.24, 2.45) is 0 Å². The van der Waals surface area contributed by atoms with Gasteiger partial charge in [0.05, 0.1) is 20.8 Å². The SMILES string of the molecule is COc1cccc(CC[NH2+]Cc2cc(Br)ccc2OC)c1. The summed E-state index contributed by atoms with van der Waals surface area (Å²) in [5.41, 5.74) is 2.50.